The van der Waals surface area contributed by atoms with Crippen molar-refractivity contribution in [1.29, 1.82) is 0 Å². The van der Waals surface area contributed by atoms with Gasteiger partial charge in [0.1, 0.15) is 0 Å². The Morgan fingerprint density at radius 2 is 1.53 bits per heavy atom. The van der Waals surface area contributed by atoms with Crippen LogP contribution in [0, 0.1) is 0 Å². The molecule has 154 valence electrons. The van der Waals surface area contributed by atoms with E-state index in [4.69, 9.17) is 0 Å². The van der Waals surface area contributed by atoms with Crippen LogP contribution in [0.15, 0.2) is 88.6 Å². The number of nitrogens with zero attached hydrogens (tertiary/aromatic N) is 1. The maximum absolute atomic E-state index is 13.3. The van der Waals surface area contributed by atoms with E-state index in [1.54, 1.807) is 22.8 Å². The zero-order valence-electron chi connectivity index (χ0n) is 16.5. The number of rotatable bonds is 7. The van der Waals surface area contributed by atoms with Crippen LogP contribution in [0.5, 0.6) is 0 Å². The average Bonchev–Trinajstić information content (AvgIpc) is 3.08. The van der Waals surface area contributed by atoms with Crippen LogP contribution in [0.4, 0.5) is 0 Å². The zero-order valence-corrected chi connectivity index (χ0v) is 18.1. The largest absolute Gasteiger partial charge is 0.308 e. The van der Waals surface area contributed by atoms with E-state index in [-0.39, 0.29) is 9.77 Å². The van der Waals surface area contributed by atoms with E-state index in [9.17, 15) is 13.2 Å². The Bertz CT molecular complexity index is 1270. The summed E-state index contributed by atoms with van der Waals surface area (Å²) in [5.74, 6) is 0. The van der Waals surface area contributed by atoms with Crippen molar-refractivity contribution in [1.82, 2.24) is 9.29 Å². The highest BCUT2D eigenvalue weighted by molar-refractivity contribution is 7.89. The monoisotopic (exact) mass is 438 g/mol. The molecule has 0 aliphatic rings. The molecule has 0 radical (unpaired) electrons. The van der Waals surface area contributed by atoms with E-state index in [2.05, 4.69) is 4.72 Å². The Morgan fingerprint density at radius 3 is 2.10 bits per heavy atom. The highest BCUT2D eigenvalue weighted by Gasteiger charge is 2.23. The number of hydrogen-bond donors (Lipinski definition) is 1. The van der Waals surface area contributed by atoms with E-state index in [1.807, 2.05) is 67.6 Å². The Morgan fingerprint density at radius 1 is 0.933 bits per heavy atom. The fourth-order valence-electron chi connectivity index (χ4n) is 3.49. The molecule has 1 heterocycles. The summed E-state index contributed by atoms with van der Waals surface area (Å²) in [5, 5.41) is 0. The van der Waals surface area contributed by atoms with Crippen molar-refractivity contribution in [3.63, 3.8) is 0 Å². The van der Waals surface area contributed by atoms with Gasteiger partial charge in [-0.3, -0.25) is 9.36 Å². The molecule has 0 aliphatic heterocycles. The lowest BCUT2D eigenvalue weighted by molar-refractivity contribution is 0.572. The summed E-state index contributed by atoms with van der Waals surface area (Å²) in [6.07, 6.45) is 0.836. The van der Waals surface area contributed by atoms with Gasteiger partial charge in [-0.2, -0.15) is 4.72 Å². The van der Waals surface area contributed by atoms with Crippen LogP contribution in [0.3, 0.4) is 0 Å². The van der Waals surface area contributed by atoms with Gasteiger partial charge in [0.25, 0.3) is 0 Å². The lowest BCUT2D eigenvalue weighted by Gasteiger charge is -2.20. The van der Waals surface area contributed by atoms with Crippen LogP contribution in [-0.2, 0) is 16.6 Å². The minimum absolute atomic E-state index is 0.0687. The van der Waals surface area contributed by atoms with Crippen molar-refractivity contribution in [2.45, 2.75) is 30.8 Å². The van der Waals surface area contributed by atoms with Crippen molar-refractivity contribution in [2.24, 2.45) is 0 Å². The lowest BCUT2D eigenvalue weighted by Crippen LogP contribution is -2.29. The average molecular weight is 439 g/mol. The molecule has 0 bridgehead atoms. The van der Waals surface area contributed by atoms with E-state index >= 15 is 0 Å². The predicted octanol–water partition coefficient (Wildman–Crippen LogP) is 4.54. The van der Waals surface area contributed by atoms with E-state index in [0.717, 1.165) is 34.4 Å². The van der Waals surface area contributed by atoms with E-state index in [1.165, 1.54) is 0 Å². The minimum Gasteiger partial charge on any atom is -0.299 e. The van der Waals surface area contributed by atoms with Gasteiger partial charge in [0.05, 0.1) is 21.2 Å². The quantitative estimate of drug-likeness (QED) is 0.461. The molecule has 30 heavy (non-hydrogen) atoms. The van der Waals surface area contributed by atoms with E-state index in [0.29, 0.717) is 11.2 Å². The molecule has 0 atom stereocenters. The van der Waals surface area contributed by atoms with Gasteiger partial charge in [-0.1, -0.05) is 78.9 Å². The highest BCUT2D eigenvalue weighted by Crippen LogP contribution is 2.26. The molecule has 0 spiro atoms. The summed E-state index contributed by atoms with van der Waals surface area (Å²) in [6.45, 7) is 2.62. The first-order valence-corrected chi connectivity index (χ1v) is 12.0. The van der Waals surface area contributed by atoms with Gasteiger partial charge in [-0.05, 0) is 35.7 Å². The summed E-state index contributed by atoms with van der Waals surface area (Å²) >= 11 is 1.08. The molecule has 0 fully saturated rings. The second-order valence-electron chi connectivity index (χ2n) is 7.02. The Labute approximate surface area is 179 Å². The van der Waals surface area contributed by atoms with Crippen LogP contribution in [0.2, 0.25) is 0 Å². The standard InChI is InChI=1S/C23H22N2O3S2/c1-2-15-25-20-14-13-19(16-21(20)29-23(25)26)30(27,28)24-22(17-9-5-3-6-10-17)18-11-7-4-8-12-18/h3-14,16,22,24H,2,15H2,1H3. The molecular weight excluding hydrogens is 416 g/mol. The normalized spacial score (nSPS) is 11.9. The summed E-state index contributed by atoms with van der Waals surface area (Å²) < 4.78 is 31.7. The number of benzene rings is 3. The third-order valence-corrected chi connectivity index (χ3v) is 7.30. The third kappa shape index (κ3) is 4.09. The van der Waals surface area contributed by atoms with Crippen LogP contribution >= 0.6 is 11.3 Å². The first kappa shape index (κ1) is 20.5. The van der Waals surface area contributed by atoms with Gasteiger partial charge in [0.2, 0.25) is 10.0 Å². The van der Waals surface area contributed by atoms with Gasteiger partial charge in [0.15, 0.2) is 0 Å². The Kier molecular flexibility index (Phi) is 5.85. The molecule has 0 amide bonds. The molecule has 1 aromatic heterocycles. The smallest absolute Gasteiger partial charge is 0.299 e. The Hall–Kier alpha value is -2.74. The van der Waals surface area contributed by atoms with Gasteiger partial charge < -0.3 is 0 Å². The molecule has 0 aliphatic carbocycles. The number of sulfonamides is 1. The van der Waals surface area contributed by atoms with Crippen LogP contribution in [-0.4, -0.2) is 13.0 Å². The first-order valence-electron chi connectivity index (χ1n) is 9.75. The number of aryl methyl sites for hydroxylation is 1. The van der Waals surface area contributed by atoms with Gasteiger partial charge in [-0.25, -0.2) is 8.42 Å². The summed E-state index contributed by atoms with van der Waals surface area (Å²) in [5.41, 5.74) is 2.48. The minimum atomic E-state index is -3.82. The number of thiazole rings is 1. The molecule has 0 unspecified atom stereocenters. The fourth-order valence-corrected chi connectivity index (χ4v) is 5.76. The molecule has 4 aromatic rings. The number of fused-ring (bicyclic) bond motifs is 1. The molecule has 0 saturated carbocycles. The van der Waals surface area contributed by atoms with Crippen molar-refractivity contribution in [3.05, 3.63) is 99.7 Å². The summed E-state index contributed by atoms with van der Waals surface area (Å²) in [4.78, 5) is 12.3. The number of hydrogen-bond acceptors (Lipinski definition) is 4. The van der Waals surface area contributed by atoms with Crippen LogP contribution in [0.25, 0.3) is 10.2 Å². The highest BCUT2D eigenvalue weighted by atomic mass is 32.2. The molecular formula is C23H22N2O3S2. The van der Waals surface area contributed by atoms with Crippen molar-refractivity contribution < 1.29 is 8.42 Å². The van der Waals surface area contributed by atoms with Gasteiger partial charge >= 0.3 is 4.87 Å². The van der Waals surface area contributed by atoms with Crippen LogP contribution in [0.1, 0.15) is 30.5 Å². The third-order valence-electron chi connectivity index (χ3n) is 4.94. The maximum atomic E-state index is 13.3. The first-order chi connectivity index (χ1) is 14.5. The molecule has 4 rings (SSSR count). The van der Waals surface area contributed by atoms with Crippen molar-refractivity contribution in [3.8, 4) is 0 Å². The molecule has 7 heteroatoms. The molecule has 3 aromatic carbocycles. The topological polar surface area (TPSA) is 68.2 Å². The number of nitrogens with one attached hydrogen (secondary N) is 1. The van der Waals surface area contributed by atoms with Gasteiger partial charge in [0, 0.05) is 6.54 Å². The lowest BCUT2D eigenvalue weighted by atomic mass is 10.00. The predicted molar refractivity (Wildman–Crippen MR) is 121 cm³/mol. The SMILES string of the molecule is CCCn1c(=O)sc2cc(S(=O)(=O)NC(c3ccccc3)c3ccccc3)ccc21. The zero-order chi connectivity index (χ0) is 21.1. The van der Waals surface area contributed by atoms with Crippen molar-refractivity contribution >= 4 is 31.6 Å². The van der Waals surface area contributed by atoms with Crippen LogP contribution < -0.4 is 9.60 Å². The summed E-state index contributed by atoms with van der Waals surface area (Å²) in [7, 11) is -3.82. The van der Waals surface area contributed by atoms with Crippen molar-refractivity contribution in [2.75, 3.05) is 0 Å². The second kappa shape index (κ2) is 8.55. The number of aromatic nitrogens is 1. The van der Waals surface area contributed by atoms with E-state index < -0.39 is 16.1 Å². The molecule has 1 N–H and O–H groups in total. The summed E-state index contributed by atoms with van der Waals surface area (Å²) in [6, 6.07) is 23.3. The second-order valence-corrected chi connectivity index (χ2v) is 9.73. The molecule has 0 saturated heterocycles. The fraction of sp³-hybridized carbons (Fsp3) is 0.174. The van der Waals surface area contributed by atoms with Gasteiger partial charge in [-0.15, -0.1) is 0 Å². The maximum Gasteiger partial charge on any atom is 0.308 e. The Balaban J connectivity index is 1.74. The molecule has 5 nitrogen and oxygen atoms in total.